The fourth-order valence-corrected chi connectivity index (χ4v) is 10.3. The van der Waals surface area contributed by atoms with Gasteiger partial charge in [0.25, 0.3) is 0 Å². The quantitative estimate of drug-likeness (QED) is 0.0320. The molecule has 0 radical (unpaired) electrons. The maximum Gasteiger partial charge on any atom is 0.305 e. The molecule has 0 bridgehead atoms. The number of esters is 1. The van der Waals surface area contributed by atoms with E-state index in [0.717, 1.165) is 51.4 Å². The topological polar surface area (TPSA) is 95.9 Å². The molecule has 0 saturated carbocycles. The molecule has 436 valence electrons. The molecule has 74 heavy (non-hydrogen) atoms. The molecule has 2 atom stereocenters. The van der Waals surface area contributed by atoms with Crippen LogP contribution in [0.5, 0.6) is 0 Å². The number of amides is 1. The molecular formula is C68H129NO5. The van der Waals surface area contributed by atoms with Crippen molar-refractivity contribution in [1.82, 2.24) is 5.32 Å². The monoisotopic (exact) mass is 1040 g/mol. The van der Waals surface area contributed by atoms with Crippen LogP contribution in [0.25, 0.3) is 0 Å². The predicted octanol–water partition coefficient (Wildman–Crippen LogP) is 21.1. The molecule has 0 aromatic heterocycles. The van der Waals surface area contributed by atoms with Crippen LogP contribution in [0.4, 0.5) is 0 Å². The molecule has 0 aromatic rings. The number of ether oxygens (including phenoxy) is 1. The molecule has 6 nitrogen and oxygen atoms in total. The Morgan fingerprint density at radius 1 is 0.378 bits per heavy atom. The number of hydrogen-bond acceptors (Lipinski definition) is 5. The van der Waals surface area contributed by atoms with Crippen molar-refractivity contribution >= 4 is 11.9 Å². The fourth-order valence-electron chi connectivity index (χ4n) is 10.3. The van der Waals surface area contributed by atoms with Crippen LogP contribution in [0.15, 0.2) is 36.5 Å². The van der Waals surface area contributed by atoms with Gasteiger partial charge in [-0.3, -0.25) is 9.59 Å². The predicted molar refractivity (Wildman–Crippen MR) is 324 cm³/mol. The van der Waals surface area contributed by atoms with E-state index in [1.807, 2.05) is 6.08 Å². The number of unbranched alkanes of at least 4 members (excludes halogenated alkanes) is 47. The molecule has 0 spiro atoms. The molecule has 0 rings (SSSR count). The van der Waals surface area contributed by atoms with Gasteiger partial charge in [-0.1, -0.05) is 320 Å². The second-order valence-electron chi connectivity index (χ2n) is 22.8. The molecule has 6 heteroatoms. The molecule has 2 unspecified atom stereocenters. The number of nitrogens with one attached hydrogen (secondary N) is 1. The highest BCUT2D eigenvalue weighted by atomic mass is 16.5. The van der Waals surface area contributed by atoms with Gasteiger partial charge in [-0.2, -0.15) is 0 Å². The van der Waals surface area contributed by atoms with Crippen LogP contribution < -0.4 is 5.32 Å². The molecule has 0 aliphatic heterocycles. The minimum Gasteiger partial charge on any atom is -0.466 e. The van der Waals surface area contributed by atoms with Crippen molar-refractivity contribution in [3.8, 4) is 0 Å². The van der Waals surface area contributed by atoms with Gasteiger partial charge in [-0.05, 0) is 64.2 Å². The number of aliphatic hydroxyl groups excluding tert-OH is 2. The highest BCUT2D eigenvalue weighted by molar-refractivity contribution is 5.76. The SMILES string of the molecule is CCCCC/C=C\C/C=C\CCCCCCCCCCCC(=O)OCCCCCCCCCCCCCCCCCCCCCCCCCCCC(=O)NC(CO)C(O)/C=C/CCCCCCCCCCCCC. The highest BCUT2D eigenvalue weighted by Gasteiger charge is 2.18. The molecule has 0 aromatic carbocycles. The lowest BCUT2D eigenvalue weighted by molar-refractivity contribution is -0.143. The second kappa shape index (κ2) is 63.6. The lowest BCUT2D eigenvalue weighted by atomic mass is 10.0. The Labute approximate surface area is 462 Å². The standard InChI is InChI=1S/C68H129NO5/c1-3-5-7-9-11-13-15-17-18-19-27-31-34-38-42-46-50-54-58-62-68(73)74-63-59-55-51-47-43-39-35-32-29-26-24-22-20-21-23-25-28-30-33-37-41-45-49-53-57-61-67(72)69-65(64-70)66(71)60-56-52-48-44-40-36-16-14-12-10-8-6-4-2/h11,13,17-18,56,60,65-66,70-71H,3-10,12,14-16,19-55,57-59,61-64H2,1-2H3,(H,69,72)/b13-11-,18-17-,60-56+. The van der Waals surface area contributed by atoms with E-state index in [-0.39, 0.29) is 18.5 Å². The average molecular weight is 1040 g/mol. The Balaban J connectivity index is 3.35. The minimum atomic E-state index is -0.842. The summed E-state index contributed by atoms with van der Waals surface area (Å²) in [7, 11) is 0. The summed E-state index contributed by atoms with van der Waals surface area (Å²) < 4.78 is 5.50. The summed E-state index contributed by atoms with van der Waals surface area (Å²) in [6.07, 6.45) is 80.6. The van der Waals surface area contributed by atoms with Crippen LogP contribution in [0.3, 0.4) is 0 Å². The van der Waals surface area contributed by atoms with Crippen molar-refractivity contribution in [2.75, 3.05) is 13.2 Å². The lowest BCUT2D eigenvalue weighted by Crippen LogP contribution is -2.45. The molecule has 0 aliphatic rings. The first-order chi connectivity index (χ1) is 36.5. The third kappa shape index (κ3) is 59.3. The van der Waals surface area contributed by atoms with E-state index in [9.17, 15) is 19.8 Å². The van der Waals surface area contributed by atoms with E-state index >= 15 is 0 Å². The summed E-state index contributed by atoms with van der Waals surface area (Å²) >= 11 is 0. The van der Waals surface area contributed by atoms with Crippen LogP contribution in [0.1, 0.15) is 361 Å². The van der Waals surface area contributed by atoms with E-state index in [1.54, 1.807) is 6.08 Å². The van der Waals surface area contributed by atoms with Crippen LogP contribution in [0.2, 0.25) is 0 Å². The number of hydrogen-bond donors (Lipinski definition) is 3. The Kier molecular flexibility index (Phi) is 62.0. The first-order valence-electron chi connectivity index (χ1n) is 33.3. The van der Waals surface area contributed by atoms with Gasteiger partial charge in [0.1, 0.15) is 0 Å². The normalized spacial score (nSPS) is 12.8. The molecule has 0 heterocycles. The lowest BCUT2D eigenvalue weighted by Gasteiger charge is -2.20. The number of aliphatic hydroxyl groups is 2. The van der Waals surface area contributed by atoms with Gasteiger partial charge in [0.2, 0.25) is 5.91 Å². The maximum atomic E-state index is 12.5. The van der Waals surface area contributed by atoms with Crippen molar-refractivity contribution in [3.05, 3.63) is 36.5 Å². The first kappa shape index (κ1) is 72.1. The van der Waals surface area contributed by atoms with E-state index in [1.165, 1.54) is 283 Å². The van der Waals surface area contributed by atoms with Gasteiger partial charge in [0.15, 0.2) is 0 Å². The maximum absolute atomic E-state index is 12.5. The largest absolute Gasteiger partial charge is 0.466 e. The Bertz CT molecular complexity index is 1200. The van der Waals surface area contributed by atoms with Gasteiger partial charge in [-0.25, -0.2) is 0 Å². The van der Waals surface area contributed by atoms with Gasteiger partial charge in [-0.15, -0.1) is 0 Å². The van der Waals surface area contributed by atoms with E-state index < -0.39 is 12.1 Å². The molecule has 3 N–H and O–H groups in total. The summed E-state index contributed by atoms with van der Waals surface area (Å²) in [5.41, 5.74) is 0. The smallest absolute Gasteiger partial charge is 0.305 e. The molecule has 0 aliphatic carbocycles. The average Bonchev–Trinajstić information content (AvgIpc) is 3.40. The van der Waals surface area contributed by atoms with E-state index in [0.29, 0.717) is 19.4 Å². The molecule has 0 fully saturated rings. The first-order valence-corrected chi connectivity index (χ1v) is 33.3. The van der Waals surface area contributed by atoms with Crippen molar-refractivity contribution in [2.45, 2.75) is 373 Å². The molecule has 0 saturated heterocycles. The Hall–Kier alpha value is -1.92. The number of rotatable bonds is 62. The summed E-state index contributed by atoms with van der Waals surface area (Å²) in [6.45, 7) is 4.89. The van der Waals surface area contributed by atoms with Crippen molar-refractivity contribution in [2.24, 2.45) is 0 Å². The van der Waals surface area contributed by atoms with Gasteiger partial charge < -0.3 is 20.3 Å². The summed E-state index contributed by atoms with van der Waals surface area (Å²) in [5, 5.41) is 23.1. The van der Waals surface area contributed by atoms with Crippen LogP contribution >= 0.6 is 0 Å². The summed E-state index contributed by atoms with van der Waals surface area (Å²) in [5.74, 6) is -0.0530. The van der Waals surface area contributed by atoms with Crippen LogP contribution in [0, 0.1) is 0 Å². The van der Waals surface area contributed by atoms with Crippen molar-refractivity contribution < 1.29 is 24.5 Å². The van der Waals surface area contributed by atoms with Crippen molar-refractivity contribution in [1.29, 1.82) is 0 Å². The van der Waals surface area contributed by atoms with Gasteiger partial charge in [0, 0.05) is 12.8 Å². The van der Waals surface area contributed by atoms with Gasteiger partial charge in [0.05, 0.1) is 25.4 Å². The molecule has 1 amide bonds. The third-order valence-electron chi connectivity index (χ3n) is 15.4. The second-order valence-corrected chi connectivity index (χ2v) is 22.8. The Morgan fingerprint density at radius 3 is 1.05 bits per heavy atom. The van der Waals surface area contributed by atoms with E-state index in [4.69, 9.17) is 4.74 Å². The number of carbonyl (C=O) groups excluding carboxylic acids is 2. The summed E-state index contributed by atoms with van der Waals surface area (Å²) in [6, 6.07) is -0.626. The fraction of sp³-hybridized carbons (Fsp3) is 0.882. The zero-order chi connectivity index (χ0) is 53.6. The third-order valence-corrected chi connectivity index (χ3v) is 15.4. The Morgan fingerprint density at radius 2 is 0.676 bits per heavy atom. The zero-order valence-electron chi connectivity index (χ0n) is 49.8. The molecular weight excluding hydrogens is 911 g/mol. The minimum absolute atomic E-state index is 0.0124. The zero-order valence-corrected chi connectivity index (χ0v) is 49.8. The van der Waals surface area contributed by atoms with Gasteiger partial charge >= 0.3 is 5.97 Å². The van der Waals surface area contributed by atoms with Crippen LogP contribution in [-0.4, -0.2) is 47.4 Å². The van der Waals surface area contributed by atoms with E-state index in [2.05, 4.69) is 43.5 Å². The summed E-state index contributed by atoms with van der Waals surface area (Å²) in [4.78, 5) is 24.6. The number of carbonyl (C=O) groups is 2. The highest BCUT2D eigenvalue weighted by Crippen LogP contribution is 2.18. The number of allylic oxidation sites excluding steroid dienone is 5. The van der Waals surface area contributed by atoms with Crippen molar-refractivity contribution in [3.63, 3.8) is 0 Å². The van der Waals surface area contributed by atoms with Crippen LogP contribution in [-0.2, 0) is 14.3 Å².